The molecule has 0 fully saturated rings. The maximum absolute atomic E-state index is 12.8. The molecular formula is C22H27N3O2S2. The van der Waals surface area contributed by atoms with Gasteiger partial charge < -0.3 is 9.88 Å². The van der Waals surface area contributed by atoms with Crippen molar-refractivity contribution < 1.29 is 4.79 Å². The summed E-state index contributed by atoms with van der Waals surface area (Å²) in [7, 11) is 1.76. The van der Waals surface area contributed by atoms with Crippen LogP contribution in [0.5, 0.6) is 0 Å². The molecule has 29 heavy (non-hydrogen) atoms. The number of carbonyl (C=O) groups excluding carboxylic acids is 1. The van der Waals surface area contributed by atoms with Crippen LogP contribution in [0.2, 0.25) is 0 Å². The van der Waals surface area contributed by atoms with Crippen molar-refractivity contribution in [1.82, 2.24) is 9.97 Å². The number of nitrogens with one attached hydrogen (secondary N) is 1. The van der Waals surface area contributed by atoms with E-state index in [4.69, 9.17) is 0 Å². The normalized spacial score (nSPS) is 13.4. The number of amides is 1. The molecule has 1 N–H and O–H groups in total. The first kappa shape index (κ1) is 21.6. The van der Waals surface area contributed by atoms with E-state index in [9.17, 15) is 9.59 Å². The average molecular weight is 430 g/mol. The van der Waals surface area contributed by atoms with Gasteiger partial charge in [-0.15, -0.1) is 11.3 Å². The smallest absolute Gasteiger partial charge is 0.260 e. The van der Waals surface area contributed by atoms with Gasteiger partial charge in [-0.1, -0.05) is 50.2 Å². The summed E-state index contributed by atoms with van der Waals surface area (Å²) in [5.41, 5.74) is 1.83. The Morgan fingerprint density at radius 2 is 1.97 bits per heavy atom. The lowest BCUT2D eigenvalue weighted by Gasteiger charge is -2.20. The SMILES string of the molecule is CCC(C)Cc1c(C)sc2nc(SC(C)C(=O)N(C)c3ccccc3)[nH]c(=O)c12. The van der Waals surface area contributed by atoms with Crippen LogP contribution in [0.3, 0.4) is 0 Å². The van der Waals surface area contributed by atoms with E-state index in [1.807, 2.05) is 37.3 Å². The molecule has 2 atom stereocenters. The van der Waals surface area contributed by atoms with E-state index >= 15 is 0 Å². The Bertz CT molecular complexity index is 1060. The van der Waals surface area contributed by atoms with Gasteiger partial charge in [0.05, 0.1) is 10.6 Å². The first-order valence-corrected chi connectivity index (χ1v) is 11.5. The molecule has 1 aromatic carbocycles. The minimum atomic E-state index is -0.374. The van der Waals surface area contributed by atoms with Gasteiger partial charge in [0.15, 0.2) is 5.16 Å². The van der Waals surface area contributed by atoms with E-state index < -0.39 is 0 Å². The molecule has 1 amide bonds. The molecule has 2 heterocycles. The molecule has 0 aliphatic rings. The van der Waals surface area contributed by atoms with Gasteiger partial charge in [0.1, 0.15) is 4.83 Å². The molecule has 2 aromatic heterocycles. The van der Waals surface area contributed by atoms with Gasteiger partial charge in [-0.3, -0.25) is 9.59 Å². The van der Waals surface area contributed by atoms with Gasteiger partial charge in [0.25, 0.3) is 5.56 Å². The van der Waals surface area contributed by atoms with Gasteiger partial charge in [0, 0.05) is 17.6 Å². The Labute approximate surface area is 179 Å². The van der Waals surface area contributed by atoms with Crippen LogP contribution in [0.1, 0.15) is 37.6 Å². The van der Waals surface area contributed by atoms with Crippen molar-refractivity contribution in [2.75, 3.05) is 11.9 Å². The van der Waals surface area contributed by atoms with Crippen molar-refractivity contribution in [2.45, 2.75) is 50.9 Å². The summed E-state index contributed by atoms with van der Waals surface area (Å²) in [6, 6.07) is 9.52. The molecule has 7 heteroatoms. The largest absolute Gasteiger partial charge is 0.315 e. The monoisotopic (exact) mass is 429 g/mol. The number of aryl methyl sites for hydroxylation is 1. The quantitative estimate of drug-likeness (QED) is 0.423. The Balaban J connectivity index is 1.83. The number of hydrogen-bond acceptors (Lipinski definition) is 5. The number of fused-ring (bicyclic) bond motifs is 1. The fraction of sp³-hybridized carbons (Fsp3) is 0.409. The first-order valence-electron chi connectivity index (χ1n) is 9.83. The molecule has 0 spiro atoms. The number of H-pyrrole nitrogens is 1. The Morgan fingerprint density at radius 3 is 2.62 bits per heavy atom. The second-order valence-electron chi connectivity index (χ2n) is 7.40. The number of benzene rings is 1. The summed E-state index contributed by atoms with van der Waals surface area (Å²) in [6.45, 7) is 8.25. The number of thiophene rings is 1. The van der Waals surface area contributed by atoms with Crippen LogP contribution in [-0.4, -0.2) is 28.2 Å². The van der Waals surface area contributed by atoms with Crippen molar-refractivity contribution in [3.8, 4) is 0 Å². The lowest BCUT2D eigenvalue weighted by atomic mass is 9.98. The molecule has 0 aliphatic carbocycles. The molecule has 0 bridgehead atoms. The fourth-order valence-electron chi connectivity index (χ4n) is 3.22. The molecule has 154 valence electrons. The van der Waals surface area contributed by atoms with Crippen molar-refractivity contribution in [3.63, 3.8) is 0 Å². The Morgan fingerprint density at radius 1 is 1.28 bits per heavy atom. The predicted octanol–water partition coefficient (Wildman–Crippen LogP) is 5.03. The number of aromatic nitrogens is 2. The fourth-order valence-corrected chi connectivity index (χ4v) is 5.22. The molecule has 3 aromatic rings. The number of anilines is 1. The summed E-state index contributed by atoms with van der Waals surface area (Å²) in [4.78, 5) is 36.7. The maximum Gasteiger partial charge on any atom is 0.260 e. The van der Waals surface area contributed by atoms with Crippen LogP contribution < -0.4 is 10.5 Å². The zero-order valence-corrected chi connectivity index (χ0v) is 19.1. The number of carbonyl (C=O) groups is 1. The number of thioether (sulfide) groups is 1. The molecule has 5 nitrogen and oxygen atoms in total. The van der Waals surface area contributed by atoms with Gasteiger partial charge in [-0.2, -0.15) is 0 Å². The van der Waals surface area contributed by atoms with Crippen molar-refractivity contribution in [3.05, 3.63) is 51.1 Å². The maximum atomic E-state index is 12.8. The predicted molar refractivity (Wildman–Crippen MR) is 123 cm³/mol. The minimum absolute atomic E-state index is 0.0382. The molecule has 3 rings (SSSR count). The topological polar surface area (TPSA) is 66.1 Å². The van der Waals surface area contributed by atoms with Crippen LogP contribution in [0.25, 0.3) is 10.2 Å². The van der Waals surface area contributed by atoms with Crippen molar-refractivity contribution >= 4 is 44.9 Å². The summed E-state index contributed by atoms with van der Waals surface area (Å²) in [5, 5.41) is 0.820. The number of aromatic amines is 1. The van der Waals surface area contributed by atoms with Crippen molar-refractivity contribution in [2.24, 2.45) is 5.92 Å². The van der Waals surface area contributed by atoms with Crippen molar-refractivity contribution in [1.29, 1.82) is 0 Å². The molecule has 0 saturated heterocycles. The third-order valence-corrected chi connectivity index (χ3v) is 7.21. The van der Waals surface area contributed by atoms with E-state index in [2.05, 4.69) is 30.7 Å². The highest BCUT2D eigenvalue weighted by Crippen LogP contribution is 2.31. The second-order valence-corrected chi connectivity index (χ2v) is 9.93. The zero-order chi connectivity index (χ0) is 21.1. The molecular weight excluding hydrogens is 402 g/mol. The highest BCUT2D eigenvalue weighted by molar-refractivity contribution is 8.00. The van der Waals surface area contributed by atoms with E-state index in [1.54, 1.807) is 23.3 Å². The van der Waals surface area contributed by atoms with Gasteiger partial charge in [-0.05, 0) is 43.9 Å². The standard InChI is InChI=1S/C22H27N3O2S2/c1-6-13(2)12-17-14(3)28-20-18(17)19(26)23-22(24-20)29-15(4)21(27)25(5)16-10-8-7-9-11-16/h7-11,13,15H,6,12H2,1-5H3,(H,23,24,26). The average Bonchev–Trinajstić information content (AvgIpc) is 3.02. The van der Waals surface area contributed by atoms with Crippen LogP contribution >= 0.6 is 23.1 Å². The minimum Gasteiger partial charge on any atom is -0.315 e. The Kier molecular flexibility index (Phi) is 6.80. The molecule has 0 aliphatic heterocycles. The number of para-hydroxylation sites is 1. The lowest BCUT2D eigenvalue weighted by Crippen LogP contribution is -2.33. The van der Waals surface area contributed by atoms with E-state index in [-0.39, 0.29) is 16.7 Å². The highest BCUT2D eigenvalue weighted by Gasteiger charge is 2.22. The highest BCUT2D eigenvalue weighted by atomic mass is 32.2. The number of nitrogens with zero attached hydrogens (tertiary/aromatic N) is 2. The third kappa shape index (κ3) is 4.73. The number of rotatable bonds is 7. The summed E-state index contributed by atoms with van der Waals surface area (Å²) in [6.07, 6.45) is 1.96. The molecule has 2 unspecified atom stereocenters. The molecule has 0 radical (unpaired) electrons. The van der Waals surface area contributed by atoms with Gasteiger partial charge in [0.2, 0.25) is 5.91 Å². The zero-order valence-electron chi connectivity index (χ0n) is 17.5. The lowest BCUT2D eigenvalue weighted by molar-refractivity contribution is -0.117. The van der Waals surface area contributed by atoms with E-state index in [0.29, 0.717) is 16.5 Å². The Hall–Kier alpha value is -2.12. The first-order chi connectivity index (χ1) is 13.8. The van der Waals surface area contributed by atoms with Gasteiger partial charge >= 0.3 is 0 Å². The van der Waals surface area contributed by atoms with Crippen LogP contribution in [-0.2, 0) is 11.2 Å². The van der Waals surface area contributed by atoms with Crippen LogP contribution in [0, 0.1) is 12.8 Å². The summed E-state index contributed by atoms with van der Waals surface area (Å²) < 4.78 is 0. The number of hydrogen-bond donors (Lipinski definition) is 1. The third-order valence-electron chi connectivity index (χ3n) is 5.20. The second kappa shape index (κ2) is 9.13. The molecule has 0 saturated carbocycles. The summed E-state index contributed by atoms with van der Waals surface area (Å²) >= 11 is 2.84. The van der Waals surface area contributed by atoms with Crippen LogP contribution in [0.4, 0.5) is 5.69 Å². The van der Waals surface area contributed by atoms with Crippen LogP contribution in [0.15, 0.2) is 40.3 Å². The van der Waals surface area contributed by atoms with Gasteiger partial charge in [-0.25, -0.2) is 4.98 Å². The van der Waals surface area contributed by atoms with E-state index in [0.717, 1.165) is 33.8 Å². The van der Waals surface area contributed by atoms with E-state index in [1.165, 1.54) is 11.8 Å². The summed E-state index contributed by atoms with van der Waals surface area (Å²) in [5.74, 6) is 0.481.